The lowest BCUT2D eigenvalue weighted by atomic mass is 10.2. The van der Waals surface area contributed by atoms with Crippen molar-refractivity contribution in [3.8, 4) is 0 Å². The minimum absolute atomic E-state index is 0.111. The van der Waals surface area contributed by atoms with E-state index in [9.17, 15) is 4.79 Å². The number of aromatic nitrogens is 4. The second-order valence-corrected chi connectivity index (χ2v) is 4.02. The summed E-state index contributed by atoms with van der Waals surface area (Å²) in [6.45, 7) is 3.05. The molecule has 7 heteroatoms. The minimum Gasteiger partial charge on any atom is -0.370 e. The van der Waals surface area contributed by atoms with E-state index in [0.29, 0.717) is 30.3 Å². The van der Waals surface area contributed by atoms with Crippen molar-refractivity contribution in [2.75, 3.05) is 18.9 Å². The Morgan fingerprint density at radius 3 is 3.00 bits per heavy atom. The Morgan fingerprint density at radius 2 is 2.32 bits per heavy atom. The van der Waals surface area contributed by atoms with E-state index >= 15 is 0 Å². The van der Waals surface area contributed by atoms with Crippen LogP contribution in [-0.2, 0) is 6.54 Å². The van der Waals surface area contributed by atoms with Crippen LogP contribution in [0.25, 0.3) is 0 Å². The number of amides is 1. The van der Waals surface area contributed by atoms with Crippen LogP contribution < -0.4 is 5.32 Å². The van der Waals surface area contributed by atoms with Crippen LogP contribution in [0.3, 0.4) is 0 Å². The van der Waals surface area contributed by atoms with Gasteiger partial charge in [-0.25, -0.2) is 9.97 Å². The van der Waals surface area contributed by atoms with E-state index in [1.54, 1.807) is 30.3 Å². The molecular weight excluding hydrogens is 244 g/mol. The van der Waals surface area contributed by atoms with Crippen LogP contribution in [0.1, 0.15) is 23.1 Å². The standard InChI is InChI=1S/C12H16N6O/c1-3-13-11-9(5-4-6-14-11)12(19)18(2)7-10-15-8-16-17-10/h4-6,8H,3,7H2,1-2H3,(H,13,14)(H,15,16,17). The topological polar surface area (TPSA) is 86.8 Å². The zero-order valence-electron chi connectivity index (χ0n) is 10.9. The van der Waals surface area contributed by atoms with Crippen LogP contribution in [0.2, 0.25) is 0 Å². The van der Waals surface area contributed by atoms with E-state index in [-0.39, 0.29) is 5.91 Å². The average Bonchev–Trinajstić information content (AvgIpc) is 2.92. The molecule has 100 valence electrons. The van der Waals surface area contributed by atoms with Gasteiger partial charge in [-0.1, -0.05) is 0 Å². The summed E-state index contributed by atoms with van der Waals surface area (Å²) in [4.78, 5) is 22.1. The first-order valence-electron chi connectivity index (χ1n) is 6.01. The van der Waals surface area contributed by atoms with Gasteiger partial charge < -0.3 is 10.2 Å². The number of hydrogen-bond donors (Lipinski definition) is 2. The van der Waals surface area contributed by atoms with Crippen molar-refractivity contribution in [2.24, 2.45) is 0 Å². The van der Waals surface area contributed by atoms with E-state index in [1.165, 1.54) is 6.33 Å². The molecule has 0 fully saturated rings. The fourth-order valence-electron chi connectivity index (χ4n) is 1.70. The summed E-state index contributed by atoms with van der Waals surface area (Å²) in [5.41, 5.74) is 0.548. The molecule has 0 aliphatic rings. The maximum Gasteiger partial charge on any atom is 0.257 e. The van der Waals surface area contributed by atoms with E-state index in [2.05, 4.69) is 25.5 Å². The van der Waals surface area contributed by atoms with Crippen molar-refractivity contribution in [1.29, 1.82) is 0 Å². The number of nitrogens with zero attached hydrogens (tertiary/aromatic N) is 4. The molecule has 0 aliphatic heterocycles. The highest BCUT2D eigenvalue weighted by atomic mass is 16.2. The Morgan fingerprint density at radius 1 is 1.47 bits per heavy atom. The summed E-state index contributed by atoms with van der Waals surface area (Å²) in [6.07, 6.45) is 3.08. The summed E-state index contributed by atoms with van der Waals surface area (Å²) < 4.78 is 0. The van der Waals surface area contributed by atoms with Crippen molar-refractivity contribution in [3.63, 3.8) is 0 Å². The molecule has 0 saturated heterocycles. The second kappa shape index (κ2) is 5.94. The number of nitrogens with one attached hydrogen (secondary N) is 2. The lowest BCUT2D eigenvalue weighted by Gasteiger charge is -2.17. The zero-order valence-corrected chi connectivity index (χ0v) is 10.9. The number of anilines is 1. The predicted molar refractivity (Wildman–Crippen MR) is 70.6 cm³/mol. The highest BCUT2D eigenvalue weighted by Crippen LogP contribution is 2.14. The molecule has 2 aromatic rings. The predicted octanol–water partition coefficient (Wildman–Crippen LogP) is 0.904. The van der Waals surface area contributed by atoms with E-state index in [4.69, 9.17) is 0 Å². The zero-order chi connectivity index (χ0) is 13.7. The number of carbonyl (C=O) groups is 1. The smallest absolute Gasteiger partial charge is 0.257 e. The first-order chi connectivity index (χ1) is 9.22. The summed E-state index contributed by atoms with van der Waals surface area (Å²) in [7, 11) is 1.72. The number of hydrogen-bond acceptors (Lipinski definition) is 5. The van der Waals surface area contributed by atoms with Gasteiger partial charge in [0.15, 0.2) is 0 Å². The van der Waals surface area contributed by atoms with Gasteiger partial charge in [-0.15, -0.1) is 0 Å². The van der Waals surface area contributed by atoms with Crippen molar-refractivity contribution in [1.82, 2.24) is 25.1 Å². The van der Waals surface area contributed by atoms with Crippen molar-refractivity contribution >= 4 is 11.7 Å². The summed E-state index contributed by atoms with van der Waals surface area (Å²) in [5, 5.41) is 9.56. The number of pyridine rings is 1. The molecule has 2 aromatic heterocycles. The Hall–Kier alpha value is -2.44. The fraction of sp³-hybridized carbons (Fsp3) is 0.333. The summed E-state index contributed by atoms with van der Waals surface area (Å²) >= 11 is 0. The first-order valence-corrected chi connectivity index (χ1v) is 6.01. The molecule has 2 heterocycles. The van der Waals surface area contributed by atoms with Gasteiger partial charge in [-0.2, -0.15) is 5.10 Å². The molecule has 0 unspecified atom stereocenters. The number of rotatable bonds is 5. The molecule has 0 atom stereocenters. The monoisotopic (exact) mass is 260 g/mol. The van der Waals surface area contributed by atoms with Crippen LogP contribution in [0.15, 0.2) is 24.7 Å². The van der Waals surface area contributed by atoms with Gasteiger partial charge >= 0.3 is 0 Å². The molecule has 0 spiro atoms. The van der Waals surface area contributed by atoms with Crippen LogP contribution >= 0.6 is 0 Å². The van der Waals surface area contributed by atoms with Crippen molar-refractivity contribution < 1.29 is 4.79 Å². The maximum absolute atomic E-state index is 12.4. The Labute approximate surface area is 111 Å². The van der Waals surface area contributed by atoms with Crippen molar-refractivity contribution in [3.05, 3.63) is 36.0 Å². The average molecular weight is 260 g/mol. The third-order valence-electron chi connectivity index (χ3n) is 2.58. The number of carbonyl (C=O) groups excluding carboxylic acids is 1. The molecule has 2 rings (SSSR count). The number of H-pyrrole nitrogens is 1. The minimum atomic E-state index is -0.111. The van der Waals surface area contributed by atoms with E-state index in [0.717, 1.165) is 0 Å². The summed E-state index contributed by atoms with van der Waals surface area (Å²) in [6, 6.07) is 3.50. The van der Waals surface area contributed by atoms with E-state index < -0.39 is 0 Å². The van der Waals surface area contributed by atoms with Gasteiger partial charge in [0.25, 0.3) is 5.91 Å². The van der Waals surface area contributed by atoms with Gasteiger partial charge in [0.1, 0.15) is 18.0 Å². The van der Waals surface area contributed by atoms with Crippen LogP contribution in [0, 0.1) is 0 Å². The SMILES string of the molecule is CCNc1ncccc1C(=O)N(C)Cc1ncn[nH]1. The Balaban J connectivity index is 2.14. The molecule has 1 amide bonds. The third kappa shape index (κ3) is 3.06. The molecule has 0 bridgehead atoms. The molecule has 0 radical (unpaired) electrons. The molecule has 0 saturated carbocycles. The second-order valence-electron chi connectivity index (χ2n) is 4.02. The molecule has 7 nitrogen and oxygen atoms in total. The lowest BCUT2D eigenvalue weighted by molar-refractivity contribution is 0.0782. The van der Waals surface area contributed by atoms with Crippen LogP contribution in [0.5, 0.6) is 0 Å². The van der Waals surface area contributed by atoms with Gasteiger partial charge in [-0.05, 0) is 19.1 Å². The van der Waals surface area contributed by atoms with Gasteiger partial charge in [0.2, 0.25) is 0 Å². The molecular formula is C12H16N6O. The first kappa shape index (κ1) is 13.0. The van der Waals surface area contributed by atoms with Crippen LogP contribution in [0.4, 0.5) is 5.82 Å². The fourth-order valence-corrected chi connectivity index (χ4v) is 1.70. The number of aromatic amines is 1. The largest absolute Gasteiger partial charge is 0.370 e. The van der Waals surface area contributed by atoms with Crippen molar-refractivity contribution in [2.45, 2.75) is 13.5 Å². The van der Waals surface area contributed by atoms with E-state index in [1.807, 2.05) is 6.92 Å². The van der Waals surface area contributed by atoms with Gasteiger partial charge in [-0.3, -0.25) is 9.89 Å². The molecule has 2 N–H and O–H groups in total. The maximum atomic E-state index is 12.4. The highest BCUT2D eigenvalue weighted by Gasteiger charge is 2.17. The lowest BCUT2D eigenvalue weighted by Crippen LogP contribution is -2.27. The normalized spacial score (nSPS) is 10.2. The highest BCUT2D eigenvalue weighted by molar-refractivity contribution is 5.98. The molecule has 0 aromatic carbocycles. The molecule has 0 aliphatic carbocycles. The Bertz CT molecular complexity index is 539. The third-order valence-corrected chi connectivity index (χ3v) is 2.58. The summed E-state index contributed by atoms with van der Waals surface area (Å²) in [5.74, 6) is 1.13. The Kier molecular flexibility index (Phi) is 4.07. The quantitative estimate of drug-likeness (QED) is 0.834. The van der Waals surface area contributed by atoms with Gasteiger partial charge in [0.05, 0.1) is 12.1 Å². The van der Waals surface area contributed by atoms with Crippen LogP contribution in [-0.4, -0.2) is 44.6 Å². The van der Waals surface area contributed by atoms with Gasteiger partial charge in [0, 0.05) is 19.8 Å². The molecule has 19 heavy (non-hydrogen) atoms.